The Bertz CT molecular complexity index is 584. The number of nitrogens with two attached hydrogens (primary N) is 1. The molecule has 0 heterocycles. The van der Waals surface area contributed by atoms with Gasteiger partial charge in [-0.1, -0.05) is 0 Å². The third kappa shape index (κ3) is 6.01. The van der Waals surface area contributed by atoms with E-state index in [1.807, 2.05) is 0 Å². The van der Waals surface area contributed by atoms with E-state index < -0.39 is 16.0 Å². The van der Waals surface area contributed by atoms with Gasteiger partial charge in [0.05, 0.1) is 32.1 Å². The fraction of sp³-hybridized carbons (Fsp3) is 0.462. The van der Waals surface area contributed by atoms with E-state index in [0.717, 1.165) is 0 Å². The number of sulfonamides is 1. The van der Waals surface area contributed by atoms with E-state index in [0.29, 0.717) is 36.5 Å². The zero-order valence-corrected chi connectivity index (χ0v) is 12.8. The first-order chi connectivity index (χ1) is 9.87. The van der Waals surface area contributed by atoms with Gasteiger partial charge in [0.25, 0.3) is 0 Å². The first kappa shape index (κ1) is 17.3. The highest BCUT2D eigenvalue weighted by Gasteiger charge is 2.11. The van der Waals surface area contributed by atoms with Crippen molar-refractivity contribution < 1.29 is 27.4 Å². The van der Waals surface area contributed by atoms with E-state index in [1.54, 1.807) is 12.1 Å². The smallest absolute Gasteiger partial charge is 0.337 e. The lowest BCUT2D eigenvalue weighted by molar-refractivity contribution is 0.0600. The number of carbonyl (C=O) groups excluding carboxylic acids is 1. The molecule has 8 heteroatoms. The van der Waals surface area contributed by atoms with Crippen LogP contribution in [0, 0.1) is 0 Å². The number of unbranched alkanes of at least 4 members (excludes halogenated alkanes) is 1. The molecule has 21 heavy (non-hydrogen) atoms. The molecule has 1 rings (SSSR count). The minimum Gasteiger partial charge on any atom is -0.493 e. The highest BCUT2D eigenvalue weighted by molar-refractivity contribution is 7.89. The number of hydrogen-bond acceptors (Lipinski definition) is 6. The van der Waals surface area contributed by atoms with Crippen LogP contribution in [0.1, 0.15) is 23.2 Å². The van der Waals surface area contributed by atoms with Gasteiger partial charge in [-0.05, 0) is 31.0 Å². The van der Waals surface area contributed by atoms with Crippen molar-refractivity contribution in [3.8, 4) is 11.5 Å². The van der Waals surface area contributed by atoms with Gasteiger partial charge in [-0.2, -0.15) is 0 Å². The largest absolute Gasteiger partial charge is 0.493 e. The van der Waals surface area contributed by atoms with Crippen LogP contribution in [0.25, 0.3) is 0 Å². The molecule has 1 aromatic rings. The summed E-state index contributed by atoms with van der Waals surface area (Å²) in [6, 6.07) is 4.68. The maximum absolute atomic E-state index is 11.4. The van der Waals surface area contributed by atoms with Crippen molar-refractivity contribution in [1.29, 1.82) is 0 Å². The normalized spacial score (nSPS) is 11.0. The van der Waals surface area contributed by atoms with Crippen LogP contribution < -0.4 is 14.6 Å². The zero-order valence-electron chi connectivity index (χ0n) is 12.0. The fourth-order valence-electron chi connectivity index (χ4n) is 1.62. The number of esters is 1. The fourth-order valence-corrected chi connectivity index (χ4v) is 2.23. The summed E-state index contributed by atoms with van der Waals surface area (Å²) in [4.78, 5) is 11.4. The number of primary sulfonamides is 1. The van der Waals surface area contributed by atoms with E-state index >= 15 is 0 Å². The molecule has 0 radical (unpaired) electrons. The molecule has 0 aromatic heterocycles. The maximum atomic E-state index is 11.4. The van der Waals surface area contributed by atoms with Crippen LogP contribution in [-0.4, -0.2) is 41.0 Å². The maximum Gasteiger partial charge on any atom is 0.337 e. The molecule has 0 aliphatic rings. The van der Waals surface area contributed by atoms with Crippen molar-refractivity contribution in [2.24, 2.45) is 5.14 Å². The molecule has 0 saturated heterocycles. The highest BCUT2D eigenvalue weighted by atomic mass is 32.2. The number of methoxy groups -OCH3 is 2. The van der Waals surface area contributed by atoms with Crippen molar-refractivity contribution >= 4 is 16.0 Å². The van der Waals surface area contributed by atoms with Crippen LogP contribution >= 0.6 is 0 Å². The monoisotopic (exact) mass is 317 g/mol. The van der Waals surface area contributed by atoms with Gasteiger partial charge in [0, 0.05) is 0 Å². The minimum absolute atomic E-state index is 0.0746. The molecule has 0 amide bonds. The zero-order chi connectivity index (χ0) is 15.9. The predicted molar refractivity (Wildman–Crippen MR) is 77.0 cm³/mol. The first-order valence-corrected chi connectivity index (χ1v) is 7.98. The Balaban J connectivity index is 2.57. The minimum atomic E-state index is -3.43. The summed E-state index contributed by atoms with van der Waals surface area (Å²) < 4.78 is 36.8. The lowest BCUT2D eigenvalue weighted by atomic mass is 10.2. The molecule has 0 fully saturated rings. The van der Waals surface area contributed by atoms with Crippen molar-refractivity contribution in [2.45, 2.75) is 12.8 Å². The predicted octanol–water partition coefficient (Wildman–Crippen LogP) is 0.929. The molecule has 2 N–H and O–H groups in total. The summed E-state index contributed by atoms with van der Waals surface area (Å²) in [5.41, 5.74) is 0.357. The molecule has 118 valence electrons. The quantitative estimate of drug-likeness (QED) is 0.565. The van der Waals surface area contributed by atoms with E-state index in [2.05, 4.69) is 4.74 Å². The summed E-state index contributed by atoms with van der Waals surface area (Å²) >= 11 is 0. The average Bonchev–Trinajstić information content (AvgIpc) is 2.45. The standard InChI is InChI=1S/C13H19NO6S/c1-18-12-9-10(13(15)19-2)5-6-11(12)20-7-3-4-8-21(14,16)17/h5-6,9H,3-4,7-8H2,1-2H3,(H2,14,16,17). The lowest BCUT2D eigenvalue weighted by Crippen LogP contribution is -2.16. The Labute approximate surface area is 124 Å². The highest BCUT2D eigenvalue weighted by Crippen LogP contribution is 2.28. The van der Waals surface area contributed by atoms with Crippen molar-refractivity contribution in [3.63, 3.8) is 0 Å². The second-order valence-corrected chi connectivity index (χ2v) is 6.01. The third-order valence-electron chi connectivity index (χ3n) is 2.67. The van der Waals surface area contributed by atoms with Gasteiger partial charge >= 0.3 is 5.97 Å². The van der Waals surface area contributed by atoms with E-state index in [9.17, 15) is 13.2 Å². The summed E-state index contributed by atoms with van der Waals surface area (Å²) in [5, 5.41) is 4.90. The van der Waals surface area contributed by atoms with Crippen LogP contribution in [0.2, 0.25) is 0 Å². The van der Waals surface area contributed by atoms with Crippen molar-refractivity contribution in [1.82, 2.24) is 0 Å². The number of carbonyl (C=O) groups is 1. The van der Waals surface area contributed by atoms with E-state index in [4.69, 9.17) is 14.6 Å². The molecule has 1 aromatic carbocycles. The number of ether oxygens (including phenoxy) is 3. The average molecular weight is 317 g/mol. The summed E-state index contributed by atoms with van der Waals surface area (Å²) in [7, 11) is -0.673. The SMILES string of the molecule is COC(=O)c1ccc(OCCCCS(N)(=O)=O)c(OC)c1. The summed E-state index contributed by atoms with van der Waals surface area (Å²) in [5.74, 6) is 0.340. The molecule has 0 spiro atoms. The molecule has 0 aliphatic heterocycles. The summed E-state index contributed by atoms with van der Waals surface area (Å²) in [6.45, 7) is 0.323. The Hall–Kier alpha value is -1.80. The van der Waals surface area contributed by atoms with Crippen molar-refractivity contribution in [2.75, 3.05) is 26.6 Å². The second-order valence-electron chi connectivity index (χ2n) is 4.28. The lowest BCUT2D eigenvalue weighted by Gasteiger charge is -2.11. The number of benzene rings is 1. The van der Waals surface area contributed by atoms with E-state index in [-0.39, 0.29) is 5.75 Å². The van der Waals surface area contributed by atoms with E-state index in [1.165, 1.54) is 20.3 Å². The molecular weight excluding hydrogens is 298 g/mol. The first-order valence-electron chi connectivity index (χ1n) is 6.27. The number of rotatable bonds is 8. The van der Waals surface area contributed by atoms with Gasteiger partial charge < -0.3 is 14.2 Å². The van der Waals surface area contributed by atoms with Crippen molar-refractivity contribution in [3.05, 3.63) is 23.8 Å². The van der Waals surface area contributed by atoms with Gasteiger partial charge in [-0.15, -0.1) is 0 Å². The van der Waals surface area contributed by atoms with Crippen LogP contribution in [0.4, 0.5) is 0 Å². The molecule has 0 unspecified atom stereocenters. The molecule has 0 aliphatic carbocycles. The van der Waals surface area contributed by atoms with Gasteiger partial charge in [-0.25, -0.2) is 18.4 Å². The van der Waals surface area contributed by atoms with Crippen LogP contribution in [-0.2, 0) is 14.8 Å². The van der Waals surface area contributed by atoms with Gasteiger partial charge in [0.1, 0.15) is 0 Å². The van der Waals surface area contributed by atoms with Crippen LogP contribution in [0.3, 0.4) is 0 Å². The topological polar surface area (TPSA) is 105 Å². The van der Waals surface area contributed by atoms with Gasteiger partial charge in [0.15, 0.2) is 11.5 Å². The molecule has 7 nitrogen and oxygen atoms in total. The van der Waals surface area contributed by atoms with Crippen LogP contribution in [0.15, 0.2) is 18.2 Å². The summed E-state index contributed by atoms with van der Waals surface area (Å²) in [6.07, 6.45) is 0.958. The molecular formula is C13H19NO6S. The Morgan fingerprint density at radius 3 is 2.48 bits per heavy atom. The Morgan fingerprint density at radius 2 is 1.90 bits per heavy atom. The molecule has 0 saturated carbocycles. The molecule has 0 atom stereocenters. The van der Waals surface area contributed by atoms with Crippen LogP contribution in [0.5, 0.6) is 11.5 Å². The van der Waals surface area contributed by atoms with Gasteiger partial charge in [-0.3, -0.25) is 0 Å². The second kappa shape index (κ2) is 7.84. The molecule has 0 bridgehead atoms. The Kier molecular flexibility index (Phi) is 6.44. The number of hydrogen-bond donors (Lipinski definition) is 1. The third-order valence-corrected chi connectivity index (χ3v) is 3.52. The Morgan fingerprint density at radius 1 is 1.19 bits per heavy atom. The van der Waals surface area contributed by atoms with Gasteiger partial charge in [0.2, 0.25) is 10.0 Å².